The third-order valence-electron chi connectivity index (χ3n) is 1.74. The van der Waals surface area contributed by atoms with Crippen molar-refractivity contribution in [3.8, 4) is 0 Å². The van der Waals surface area contributed by atoms with Gasteiger partial charge in [-0.05, 0) is 28.9 Å². The third-order valence-corrected chi connectivity index (χ3v) is 3.61. The minimum Gasteiger partial charge on any atom is -0.381 e. The van der Waals surface area contributed by atoms with Gasteiger partial charge in [-0.2, -0.15) is 0 Å². The highest BCUT2D eigenvalue weighted by atomic mass is 79.9. The van der Waals surface area contributed by atoms with Crippen molar-refractivity contribution in [2.24, 2.45) is 0 Å². The van der Waals surface area contributed by atoms with Crippen LogP contribution in [0.2, 0.25) is 0 Å². The normalized spacial score (nSPS) is 11.4. The van der Waals surface area contributed by atoms with E-state index in [9.17, 15) is 8.42 Å². The lowest BCUT2D eigenvalue weighted by atomic mass is 10.4. The van der Waals surface area contributed by atoms with E-state index in [1.54, 1.807) is 6.07 Å². The minimum atomic E-state index is -3.36. The smallest absolute Gasteiger partial charge is 0.235 e. The average molecular weight is 309 g/mol. The Morgan fingerprint density at radius 1 is 1.56 bits per heavy atom. The molecule has 0 amide bonds. The molecule has 0 aliphatic heterocycles. The van der Waals surface area contributed by atoms with Gasteiger partial charge in [0.25, 0.3) is 0 Å². The zero-order valence-electron chi connectivity index (χ0n) is 8.81. The summed E-state index contributed by atoms with van der Waals surface area (Å²) < 4.78 is 31.2. The van der Waals surface area contributed by atoms with Crippen molar-refractivity contribution in [1.82, 2.24) is 4.98 Å². The van der Waals surface area contributed by atoms with E-state index in [1.807, 2.05) is 6.92 Å². The Morgan fingerprint density at radius 3 is 2.94 bits per heavy atom. The van der Waals surface area contributed by atoms with Crippen LogP contribution in [0.5, 0.6) is 0 Å². The molecule has 0 saturated carbocycles. The number of nitrogens with zero attached hydrogens (tertiary/aromatic N) is 1. The molecule has 1 aromatic rings. The fourth-order valence-corrected chi connectivity index (χ4v) is 2.42. The number of hydrogen-bond acceptors (Lipinski definition) is 4. The lowest BCUT2D eigenvalue weighted by Crippen LogP contribution is -2.20. The van der Waals surface area contributed by atoms with Gasteiger partial charge in [-0.3, -0.25) is 9.71 Å². The molecular weight excluding hydrogens is 296 g/mol. The zero-order valence-corrected chi connectivity index (χ0v) is 11.2. The number of rotatable bonds is 6. The highest BCUT2D eigenvalue weighted by Gasteiger charge is 2.11. The molecule has 0 saturated heterocycles. The van der Waals surface area contributed by atoms with Gasteiger partial charge < -0.3 is 4.74 Å². The second-order valence-corrected chi connectivity index (χ2v) is 5.67. The van der Waals surface area contributed by atoms with Crippen LogP contribution in [0.4, 0.5) is 5.69 Å². The Hall–Kier alpha value is -0.660. The molecular formula is C9H13BrN2O3S. The molecule has 0 fully saturated rings. The maximum atomic E-state index is 11.6. The fraction of sp³-hybridized carbons (Fsp3) is 0.444. The average Bonchev–Trinajstić information content (AvgIpc) is 2.21. The summed E-state index contributed by atoms with van der Waals surface area (Å²) in [5.41, 5.74) is 0.478. The Morgan fingerprint density at radius 2 is 2.31 bits per heavy atom. The molecule has 90 valence electrons. The second-order valence-electron chi connectivity index (χ2n) is 2.97. The molecule has 5 nitrogen and oxygen atoms in total. The van der Waals surface area contributed by atoms with E-state index in [-0.39, 0.29) is 12.4 Å². The first kappa shape index (κ1) is 13.4. The number of anilines is 1. The van der Waals surface area contributed by atoms with Crippen LogP contribution in [-0.4, -0.2) is 32.4 Å². The van der Waals surface area contributed by atoms with Crippen molar-refractivity contribution < 1.29 is 13.2 Å². The van der Waals surface area contributed by atoms with Crippen LogP contribution in [0.15, 0.2) is 22.9 Å². The van der Waals surface area contributed by atoms with Crippen molar-refractivity contribution in [3.05, 3.63) is 22.9 Å². The Bertz CT molecular complexity index is 436. The van der Waals surface area contributed by atoms with Crippen LogP contribution in [0.25, 0.3) is 0 Å². The summed E-state index contributed by atoms with van der Waals surface area (Å²) in [5.74, 6) is -0.0599. The number of ether oxygens (including phenoxy) is 1. The molecule has 1 N–H and O–H groups in total. The number of aromatic nitrogens is 1. The molecule has 1 heterocycles. The number of hydrogen-bond donors (Lipinski definition) is 1. The first-order valence-corrected chi connectivity index (χ1v) is 7.17. The third kappa shape index (κ3) is 4.46. The van der Waals surface area contributed by atoms with Crippen LogP contribution >= 0.6 is 15.9 Å². The lowest BCUT2D eigenvalue weighted by Gasteiger charge is -2.08. The quantitative estimate of drug-likeness (QED) is 0.811. The standard InChI is InChI=1S/C9H13BrN2O3S/c1-2-15-5-6-16(13,14)12-9-3-4-11-7-8(9)10/h3-4,7H,2,5-6H2,1H3,(H,11,12). The summed E-state index contributed by atoms with van der Waals surface area (Å²) in [6.07, 6.45) is 3.05. The Balaban J connectivity index is 2.63. The number of halogens is 1. The molecule has 16 heavy (non-hydrogen) atoms. The van der Waals surface area contributed by atoms with Crippen LogP contribution in [-0.2, 0) is 14.8 Å². The molecule has 0 aromatic carbocycles. The summed E-state index contributed by atoms with van der Waals surface area (Å²) in [6.45, 7) is 2.52. The number of pyridine rings is 1. The minimum absolute atomic E-state index is 0.0599. The first-order chi connectivity index (χ1) is 7.55. The van der Waals surface area contributed by atoms with Crippen molar-refractivity contribution in [2.75, 3.05) is 23.7 Å². The molecule has 0 unspecified atom stereocenters. The highest BCUT2D eigenvalue weighted by molar-refractivity contribution is 9.10. The van der Waals surface area contributed by atoms with Gasteiger partial charge in [0.05, 0.1) is 22.5 Å². The first-order valence-electron chi connectivity index (χ1n) is 4.73. The van der Waals surface area contributed by atoms with E-state index in [0.717, 1.165) is 0 Å². The second kappa shape index (κ2) is 6.17. The summed E-state index contributed by atoms with van der Waals surface area (Å²) in [7, 11) is -3.36. The summed E-state index contributed by atoms with van der Waals surface area (Å²) in [4.78, 5) is 3.84. The van der Waals surface area contributed by atoms with Crippen molar-refractivity contribution >= 4 is 31.6 Å². The van der Waals surface area contributed by atoms with Crippen LogP contribution < -0.4 is 4.72 Å². The van der Waals surface area contributed by atoms with Gasteiger partial charge in [0.15, 0.2) is 0 Å². The molecule has 0 bridgehead atoms. The van der Waals surface area contributed by atoms with Gasteiger partial charge in [0.1, 0.15) is 0 Å². The van der Waals surface area contributed by atoms with Gasteiger partial charge in [0.2, 0.25) is 10.0 Å². The maximum Gasteiger partial charge on any atom is 0.235 e. The van der Waals surface area contributed by atoms with E-state index < -0.39 is 10.0 Å². The molecule has 0 aliphatic carbocycles. The van der Waals surface area contributed by atoms with E-state index in [4.69, 9.17) is 4.74 Å². The molecule has 0 spiro atoms. The molecule has 0 radical (unpaired) electrons. The van der Waals surface area contributed by atoms with Crippen LogP contribution in [0.1, 0.15) is 6.92 Å². The van der Waals surface area contributed by atoms with Gasteiger partial charge in [-0.1, -0.05) is 0 Å². The van der Waals surface area contributed by atoms with Crippen molar-refractivity contribution in [2.45, 2.75) is 6.92 Å². The SMILES string of the molecule is CCOCCS(=O)(=O)Nc1ccncc1Br. The van der Waals surface area contributed by atoms with Gasteiger partial charge in [0, 0.05) is 19.0 Å². The number of nitrogens with one attached hydrogen (secondary N) is 1. The van der Waals surface area contributed by atoms with E-state index in [2.05, 4.69) is 25.6 Å². The molecule has 1 aromatic heterocycles. The lowest BCUT2D eigenvalue weighted by molar-refractivity contribution is 0.163. The molecule has 7 heteroatoms. The topological polar surface area (TPSA) is 68.3 Å². The van der Waals surface area contributed by atoms with E-state index >= 15 is 0 Å². The Labute approximate surface area is 103 Å². The maximum absolute atomic E-state index is 11.6. The number of sulfonamides is 1. The molecule has 0 atom stereocenters. The monoisotopic (exact) mass is 308 g/mol. The van der Waals surface area contributed by atoms with E-state index in [0.29, 0.717) is 16.8 Å². The predicted molar refractivity (Wildman–Crippen MR) is 65.8 cm³/mol. The van der Waals surface area contributed by atoms with Crippen LogP contribution in [0, 0.1) is 0 Å². The van der Waals surface area contributed by atoms with Crippen LogP contribution in [0.3, 0.4) is 0 Å². The largest absolute Gasteiger partial charge is 0.381 e. The van der Waals surface area contributed by atoms with Gasteiger partial charge in [-0.15, -0.1) is 0 Å². The summed E-state index contributed by atoms with van der Waals surface area (Å²) >= 11 is 3.21. The van der Waals surface area contributed by atoms with E-state index in [1.165, 1.54) is 12.4 Å². The van der Waals surface area contributed by atoms with Crippen molar-refractivity contribution in [1.29, 1.82) is 0 Å². The molecule has 1 rings (SSSR count). The summed E-state index contributed by atoms with van der Waals surface area (Å²) in [6, 6.07) is 1.59. The highest BCUT2D eigenvalue weighted by Crippen LogP contribution is 2.20. The predicted octanol–water partition coefficient (Wildman–Crippen LogP) is 1.62. The zero-order chi connectivity index (χ0) is 12.0. The van der Waals surface area contributed by atoms with Crippen molar-refractivity contribution in [3.63, 3.8) is 0 Å². The molecule has 0 aliphatic rings. The van der Waals surface area contributed by atoms with Gasteiger partial charge in [-0.25, -0.2) is 8.42 Å². The Kier molecular flexibility index (Phi) is 5.17. The fourth-order valence-electron chi connectivity index (χ4n) is 0.989. The summed E-state index contributed by atoms with van der Waals surface area (Å²) in [5, 5.41) is 0. The van der Waals surface area contributed by atoms with Gasteiger partial charge >= 0.3 is 0 Å².